The fraction of sp³-hybridized carbons (Fsp3) is 0.500. The van der Waals surface area contributed by atoms with Crippen LogP contribution in [0, 0.1) is 18.3 Å². The third kappa shape index (κ3) is 4.90. The molecule has 1 heterocycles. The summed E-state index contributed by atoms with van der Waals surface area (Å²) in [5.41, 5.74) is 4.38. The number of aryl methyl sites for hydroxylation is 1. The Bertz CT molecular complexity index is 938. The Hall–Kier alpha value is -2.62. The third-order valence-corrected chi connectivity index (χ3v) is 7.21. The van der Waals surface area contributed by atoms with E-state index in [2.05, 4.69) is 69.3 Å². The molecule has 1 saturated heterocycles. The summed E-state index contributed by atoms with van der Waals surface area (Å²) in [5.74, 6) is 0.516. The van der Waals surface area contributed by atoms with E-state index in [9.17, 15) is 9.59 Å². The Morgan fingerprint density at radius 3 is 2.06 bits per heavy atom. The first kappa shape index (κ1) is 24.0. The second-order valence-corrected chi connectivity index (χ2v) is 9.47. The van der Waals surface area contributed by atoms with Crippen LogP contribution in [-0.2, 0) is 16.0 Å². The van der Waals surface area contributed by atoms with Gasteiger partial charge in [0, 0.05) is 33.1 Å². The highest BCUT2D eigenvalue weighted by Crippen LogP contribution is 2.40. The zero-order valence-corrected chi connectivity index (χ0v) is 20.4. The monoisotopic (exact) mass is 434 g/mol. The number of hydrogen-bond donors (Lipinski definition) is 0. The van der Waals surface area contributed by atoms with Gasteiger partial charge in [-0.1, -0.05) is 62.4 Å². The second kappa shape index (κ2) is 10.3. The van der Waals surface area contributed by atoms with E-state index in [0.717, 1.165) is 12.8 Å². The van der Waals surface area contributed by atoms with E-state index in [4.69, 9.17) is 0 Å². The zero-order chi connectivity index (χ0) is 23.3. The SMILES string of the molecule is CCC(CC)C(=O)N1CCC(Cc2ccccc2-c2ccccc2C)(C(=O)N(C)C)CC1. The summed E-state index contributed by atoms with van der Waals surface area (Å²) in [4.78, 5) is 30.1. The number of hydrogen-bond acceptors (Lipinski definition) is 2. The molecule has 0 atom stereocenters. The van der Waals surface area contributed by atoms with Gasteiger partial charge in [-0.2, -0.15) is 0 Å². The summed E-state index contributed by atoms with van der Waals surface area (Å²) in [6.45, 7) is 7.61. The summed E-state index contributed by atoms with van der Waals surface area (Å²) >= 11 is 0. The van der Waals surface area contributed by atoms with Gasteiger partial charge in [0.25, 0.3) is 0 Å². The predicted octanol–water partition coefficient (Wildman–Crippen LogP) is 5.34. The van der Waals surface area contributed by atoms with Gasteiger partial charge in [0.15, 0.2) is 0 Å². The second-order valence-electron chi connectivity index (χ2n) is 9.47. The van der Waals surface area contributed by atoms with Gasteiger partial charge in [0.1, 0.15) is 0 Å². The lowest BCUT2D eigenvalue weighted by molar-refractivity contribution is -0.147. The fourth-order valence-corrected chi connectivity index (χ4v) is 5.17. The molecule has 0 bridgehead atoms. The van der Waals surface area contributed by atoms with Gasteiger partial charge in [-0.15, -0.1) is 0 Å². The van der Waals surface area contributed by atoms with Crippen LogP contribution >= 0.6 is 0 Å². The standard InChI is InChI=1S/C28H38N2O2/c1-6-22(7-2)26(31)30-18-16-28(17-19-30,27(32)29(4)5)20-23-13-9-11-15-25(23)24-14-10-8-12-21(24)3/h8-15,22H,6-7,16-20H2,1-5H3. The van der Waals surface area contributed by atoms with E-state index in [1.54, 1.807) is 4.90 Å². The molecule has 4 nitrogen and oxygen atoms in total. The van der Waals surface area contributed by atoms with Crippen LogP contribution in [0.15, 0.2) is 48.5 Å². The Morgan fingerprint density at radius 1 is 0.938 bits per heavy atom. The molecule has 2 amide bonds. The number of benzene rings is 2. The Morgan fingerprint density at radius 2 is 1.50 bits per heavy atom. The molecule has 2 aromatic carbocycles. The van der Waals surface area contributed by atoms with Crippen LogP contribution in [0.1, 0.15) is 50.7 Å². The molecule has 3 rings (SSSR count). The van der Waals surface area contributed by atoms with Gasteiger partial charge in [-0.25, -0.2) is 0 Å². The summed E-state index contributed by atoms with van der Waals surface area (Å²) < 4.78 is 0. The molecular formula is C28H38N2O2. The molecule has 4 heteroatoms. The molecule has 0 radical (unpaired) electrons. The molecule has 0 spiro atoms. The fourth-order valence-electron chi connectivity index (χ4n) is 5.17. The van der Waals surface area contributed by atoms with Gasteiger partial charge in [0.2, 0.25) is 11.8 Å². The van der Waals surface area contributed by atoms with Gasteiger partial charge in [-0.05, 0) is 61.3 Å². The van der Waals surface area contributed by atoms with Crippen LogP contribution in [0.5, 0.6) is 0 Å². The van der Waals surface area contributed by atoms with Crippen molar-refractivity contribution < 1.29 is 9.59 Å². The number of nitrogens with zero attached hydrogens (tertiary/aromatic N) is 2. The van der Waals surface area contributed by atoms with E-state index >= 15 is 0 Å². The minimum atomic E-state index is -0.479. The van der Waals surface area contributed by atoms with Crippen molar-refractivity contribution in [2.24, 2.45) is 11.3 Å². The first-order valence-electron chi connectivity index (χ1n) is 12.0. The number of piperidine rings is 1. The molecule has 0 aromatic heterocycles. The molecule has 1 aliphatic heterocycles. The Balaban J connectivity index is 1.91. The molecule has 172 valence electrons. The molecular weight excluding hydrogens is 396 g/mol. The zero-order valence-electron chi connectivity index (χ0n) is 20.4. The van der Waals surface area contributed by atoms with Crippen LogP contribution in [-0.4, -0.2) is 48.8 Å². The maximum Gasteiger partial charge on any atom is 0.228 e. The van der Waals surface area contributed by atoms with Crippen molar-refractivity contribution in [2.75, 3.05) is 27.2 Å². The van der Waals surface area contributed by atoms with E-state index in [1.807, 2.05) is 19.0 Å². The Kier molecular flexibility index (Phi) is 7.76. The first-order valence-corrected chi connectivity index (χ1v) is 12.0. The summed E-state index contributed by atoms with van der Waals surface area (Å²) in [6.07, 6.45) is 3.85. The molecule has 32 heavy (non-hydrogen) atoms. The van der Waals surface area contributed by atoms with Crippen molar-refractivity contribution in [3.63, 3.8) is 0 Å². The van der Waals surface area contributed by atoms with Crippen LogP contribution < -0.4 is 0 Å². The molecule has 0 unspecified atom stereocenters. The minimum absolute atomic E-state index is 0.0915. The van der Waals surface area contributed by atoms with Crippen LogP contribution in [0.2, 0.25) is 0 Å². The topological polar surface area (TPSA) is 40.6 Å². The number of likely N-dealkylation sites (tertiary alicyclic amines) is 1. The molecule has 0 aliphatic carbocycles. The number of carbonyl (C=O) groups is 2. The van der Waals surface area contributed by atoms with Gasteiger partial charge < -0.3 is 9.80 Å². The van der Waals surface area contributed by atoms with Crippen LogP contribution in [0.3, 0.4) is 0 Å². The first-order chi connectivity index (χ1) is 15.3. The lowest BCUT2D eigenvalue weighted by atomic mass is 9.71. The molecule has 1 aliphatic rings. The quantitative estimate of drug-likeness (QED) is 0.590. The number of carbonyl (C=O) groups excluding carboxylic acids is 2. The van der Waals surface area contributed by atoms with Gasteiger partial charge in [0.05, 0.1) is 5.41 Å². The molecule has 0 N–H and O–H groups in total. The smallest absolute Gasteiger partial charge is 0.228 e. The van der Waals surface area contributed by atoms with Gasteiger partial charge in [-0.3, -0.25) is 9.59 Å². The summed E-state index contributed by atoms with van der Waals surface area (Å²) in [5, 5.41) is 0. The molecule has 1 fully saturated rings. The van der Waals surface area contributed by atoms with Crippen LogP contribution in [0.4, 0.5) is 0 Å². The molecule has 2 aromatic rings. The largest absolute Gasteiger partial charge is 0.348 e. The van der Waals surface area contributed by atoms with Gasteiger partial charge >= 0.3 is 0 Å². The maximum atomic E-state index is 13.5. The number of amides is 2. The summed E-state index contributed by atoms with van der Waals surface area (Å²) in [7, 11) is 3.69. The van der Waals surface area contributed by atoms with Crippen molar-refractivity contribution >= 4 is 11.8 Å². The van der Waals surface area contributed by atoms with E-state index in [1.165, 1.54) is 22.3 Å². The highest BCUT2D eigenvalue weighted by Gasteiger charge is 2.44. The van der Waals surface area contributed by atoms with E-state index < -0.39 is 5.41 Å². The van der Waals surface area contributed by atoms with E-state index in [-0.39, 0.29) is 17.7 Å². The number of rotatable bonds is 7. The van der Waals surface area contributed by atoms with Crippen molar-refractivity contribution in [1.82, 2.24) is 9.80 Å². The van der Waals surface area contributed by atoms with Crippen molar-refractivity contribution in [2.45, 2.75) is 52.9 Å². The van der Waals surface area contributed by atoms with Crippen molar-refractivity contribution in [3.8, 4) is 11.1 Å². The van der Waals surface area contributed by atoms with Crippen molar-refractivity contribution in [1.29, 1.82) is 0 Å². The van der Waals surface area contributed by atoms with E-state index in [0.29, 0.717) is 32.4 Å². The predicted molar refractivity (Wildman–Crippen MR) is 131 cm³/mol. The highest BCUT2D eigenvalue weighted by atomic mass is 16.2. The van der Waals surface area contributed by atoms with Crippen LogP contribution in [0.25, 0.3) is 11.1 Å². The lowest BCUT2D eigenvalue weighted by Gasteiger charge is -2.43. The summed E-state index contributed by atoms with van der Waals surface area (Å²) in [6, 6.07) is 16.9. The van der Waals surface area contributed by atoms with Crippen molar-refractivity contribution in [3.05, 3.63) is 59.7 Å². The normalized spacial score (nSPS) is 15.6. The minimum Gasteiger partial charge on any atom is -0.348 e. The average molecular weight is 435 g/mol. The maximum absolute atomic E-state index is 13.5. The Labute approximate surface area is 193 Å². The highest BCUT2D eigenvalue weighted by molar-refractivity contribution is 5.84. The third-order valence-electron chi connectivity index (χ3n) is 7.21. The average Bonchev–Trinajstić information content (AvgIpc) is 2.80. The lowest BCUT2D eigenvalue weighted by Crippen LogP contribution is -2.51. The molecule has 0 saturated carbocycles.